The zero-order chi connectivity index (χ0) is 16.7. The molecule has 0 saturated carbocycles. The molecular weight excluding hydrogens is 298 g/mol. The van der Waals surface area contributed by atoms with E-state index in [-0.39, 0.29) is 5.95 Å². The van der Waals surface area contributed by atoms with Gasteiger partial charge in [0.2, 0.25) is 5.95 Å². The monoisotopic (exact) mass is 323 g/mol. The Morgan fingerprint density at radius 2 is 1.79 bits per heavy atom. The fourth-order valence-electron chi connectivity index (χ4n) is 4.40. The fourth-order valence-corrected chi connectivity index (χ4v) is 4.40. The van der Waals surface area contributed by atoms with E-state index in [4.69, 9.17) is 11.5 Å². The van der Waals surface area contributed by atoms with Crippen molar-refractivity contribution in [1.82, 2.24) is 14.9 Å². The molecule has 1 aromatic heterocycles. The van der Waals surface area contributed by atoms with Crippen LogP contribution in [0.2, 0.25) is 0 Å². The number of nitrogens with two attached hydrogens (primary N) is 2. The fraction of sp³-hybridized carbons (Fsp3) is 0.474. The molecule has 2 heterocycles. The number of aromatic nitrogens is 2. The number of benzene rings is 1. The summed E-state index contributed by atoms with van der Waals surface area (Å²) in [5.41, 5.74) is 16.9. The van der Waals surface area contributed by atoms with Gasteiger partial charge in [0.1, 0.15) is 5.82 Å². The van der Waals surface area contributed by atoms with Crippen LogP contribution in [0.15, 0.2) is 24.3 Å². The molecule has 0 amide bonds. The summed E-state index contributed by atoms with van der Waals surface area (Å²) < 4.78 is 0. The lowest BCUT2D eigenvalue weighted by Gasteiger charge is -2.34. The Balaban J connectivity index is 1.83. The molecule has 1 aliphatic heterocycles. The van der Waals surface area contributed by atoms with Gasteiger partial charge in [-0.1, -0.05) is 24.3 Å². The number of nitrogens with zero attached hydrogens (tertiary/aromatic N) is 3. The van der Waals surface area contributed by atoms with Crippen molar-refractivity contribution < 1.29 is 0 Å². The van der Waals surface area contributed by atoms with E-state index in [1.54, 1.807) is 0 Å². The Kier molecular flexibility index (Phi) is 3.88. The maximum absolute atomic E-state index is 6.35. The summed E-state index contributed by atoms with van der Waals surface area (Å²) >= 11 is 0. The van der Waals surface area contributed by atoms with Crippen molar-refractivity contribution in [2.45, 2.75) is 31.6 Å². The molecular formula is C19H25N5. The van der Waals surface area contributed by atoms with E-state index in [0.717, 1.165) is 37.2 Å². The van der Waals surface area contributed by atoms with Crippen LogP contribution in [0.3, 0.4) is 0 Å². The summed E-state index contributed by atoms with van der Waals surface area (Å²) in [6.45, 7) is 2.30. The maximum Gasteiger partial charge on any atom is 0.222 e. The predicted octanol–water partition coefficient (Wildman–Crippen LogP) is 2.68. The van der Waals surface area contributed by atoms with Crippen LogP contribution in [0.1, 0.15) is 36.3 Å². The highest BCUT2D eigenvalue weighted by Crippen LogP contribution is 2.45. The second-order valence-electron chi connectivity index (χ2n) is 7.17. The average molecular weight is 323 g/mol. The summed E-state index contributed by atoms with van der Waals surface area (Å²) in [4.78, 5) is 11.3. The highest BCUT2D eigenvalue weighted by atomic mass is 15.1. The third kappa shape index (κ3) is 2.63. The summed E-state index contributed by atoms with van der Waals surface area (Å²) in [6, 6.07) is 8.50. The third-order valence-corrected chi connectivity index (χ3v) is 5.69. The van der Waals surface area contributed by atoms with E-state index in [9.17, 15) is 0 Å². The number of hydrogen-bond acceptors (Lipinski definition) is 5. The Hall–Kier alpha value is -2.14. The van der Waals surface area contributed by atoms with E-state index in [0.29, 0.717) is 17.7 Å². The standard InChI is InChI=1S/C19H25N5/c1-24-10-8-13(9-11-24)14-7-6-12-4-2-3-5-15(12)17-16(14)18(20)23-19(21)22-17/h2-5,13-14H,6-11H2,1H3,(H4,20,21,22,23). The third-order valence-electron chi connectivity index (χ3n) is 5.69. The first kappa shape index (κ1) is 15.4. The molecule has 1 saturated heterocycles. The van der Waals surface area contributed by atoms with Crippen LogP contribution < -0.4 is 11.5 Å². The molecule has 1 atom stereocenters. The van der Waals surface area contributed by atoms with Crippen molar-refractivity contribution in [2.75, 3.05) is 31.6 Å². The molecule has 1 aromatic carbocycles. The lowest BCUT2D eigenvalue weighted by molar-refractivity contribution is 0.194. The Morgan fingerprint density at radius 1 is 1.04 bits per heavy atom. The first-order valence-corrected chi connectivity index (χ1v) is 8.83. The molecule has 0 spiro atoms. The lowest BCUT2D eigenvalue weighted by atomic mass is 9.77. The van der Waals surface area contributed by atoms with Gasteiger partial charge in [-0.15, -0.1) is 0 Å². The Morgan fingerprint density at radius 3 is 2.58 bits per heavy atom. The lowest BCUT2D eigenvalue weighted by Crippen LogP contribution is -2.33. The van der Waals surface area contributed by atoms with Gasteiger partial charge in [-0.3, -0.25) is 0 Å². The normalized spacial score (nSPS) is 21.8. The molecule has 1 unspecified atom stereocenters. The smallest absolute Gasteiger partial charge is 0.222 e. The van der Waals surface area contributed by atoms with Crippen molar-refractivity contribution in [1.29, 1.82) is 0 Å². The molecule has 24 heavy (non-hydrogen) atoms. The summed E-state index contributed by atoms with van der Waals surface area (Å²) in [5.74, 6) is 1.90. The van der Waals surface area contributed by atoms with Gasteiger partial charge >= 0.3 is 0 Å². The molecule has 0 radical (unpaired) electrons. The van der Waals surface area contributed by atoms with Gasteiger partial charge in [-0.25, -0.2) is 4.98 Å². The van der Waals surface area contributed by atoms with Crippen LogP contribution >= 0.6 is 0 Å². The highest BCUT2D eigenvalue weighted by Gasteiger charge is 2.33. The number of nitrogen functional groups attached to an aromatic ring is 2. The van der Waals surface area contributed by atoms with Gasteiger partial charge in [-0.05, 0) is 63.2 Å². The van der Waals surface area contributed by atoms with Crippen LogP contribution in [0, 0.1) is 5.92 Å². The van der Waals surface area contributed by atoms with E-state index >= 15 is 0 Å². The number of fused-ring (bicyclic) bond motifs is 3. The van der Waals surface area contributed by atoms with Crippen molar-refractivity contribution >= 4 is 11.8 Å². The minimum Gasteiger partial charge on any atom is -0.383 e. The minimum absolute atomic E-state index is 0.269. The SMILES string of the molecule is CN1CCC(C2CCc3ccccc3-c3nc(N)nc(N)c32)CC1. The number of piperidine rings is 1. The van der Waals surface area contributed by atoms with Gasteiger partial charge in [0.05, 0.1) is 5.69 Å². The first-order valence-electron chi connectivity index (χ1n) is 8.83. The zero-order valence-corrected chi connectivity index (χ0v) is 14.2. The molecule has 1 fully saturated rings. The number of rotatable bonds is 1. The Bertz CT molecular complexity index is 749. The number of likely N-dealkylation sites (tertiary alicyclic amines) is 1. The van der Waals surface area contributed by atoms with Crippen molar-refractivity contribution in [3.63, 3.8) is 0 Å². The van der Waals surface area contributed by atoms with E-state index in [1.807, 2.05) is 0 Å². The van der Waals surface area contributed by atoms with Crippen LogP contribution in [0.5, 0.6) is 0 Å². The van der Waals surface area contributed by atoms with E-state index < -0.39 is 0 Å². The second kappa shape index (κ2) is 6.06. The van der Waals surface area contributed by atoms with Crippen LogP contribution in [0.25, 0.3) is 11.3 Å². The van der Waals surface area contributed by atoms with Gasteiger partial charge in [0.15, 0.2) is 0 Å². The van der Waals surface area contributed by atoms with Gasteiger partial charge in [0, 0.05) is 11.1 Å². The molecule has 4 N–H and O–H groups in total. The highest BCUT2D eigenvalue weighted by molar-refractivity contribution is 5.73. The number of anilines is 2. The van der Waals surface area contributed by atoms with E-state index in [1.165, 1.54) is 24.0 Å². The zero-order valence-electron chi connectivity index (χ0n) is 14.2. The van der Waals surface area contributed by atoms with Gasteiger partial charge < -0.3 is 16.4 Å². The van der Waals surface area contributed by atoms with Gasteiger partial charge in [0.25, 0.3) is 0 Å². The Labute approximate surface area is 143 Å². The van der Waals surface area contributed by atoms with Crippen molar-refractivity contribution in [3.05, 3.63) is 35.4 Å². The summed E-state index contributed by atoms with van der Waals surface area (Å²) in [7, 11) is 2.20. The van der Waals surface area contributed by atoms with Crippen LogP contribution in [0.4, 0.5) is 11.8 Å². The molecule has 5 nitrogen and oxygen atoms in total. The summed E-state index contributed by atoms with van der Waals surface area (Å²) in [5, 5.41) is 0. The first-order chi connectivity index (χ1) is 11.6. The molecule has 1 aliphatic carbocycles. The van der Waals surface area contributed by atoms with E-state index in [2.05, 4.69) is 46.2 Å². The molecule has 2 aromatic rings. The molecule has 0 bridgehead atoms. The van der Waals surface area contributed by atoms with Crippen molar-refractivity contribution in [3.8, 4) is 11.3 Å². The summed E-state index contributed by atoms with van der Waals surface area (Å²) in [6.07, 6.45) is 4.58. The second-order valence-corrected chi connectivity index (χ2v) is 7.17. The topological polar surface area (TPSA) is 81.1 Å². The van der Waals surface area contributed by atoms with Gasteiger partial charge in [-0.2, -0.15) is 4.98 Å². The number of hydrogen-bond donors (Lipinski definition) is 2. The maximum atomic E-state index is 6.35. The predicted molar refractivity (Wildman–Crippen MR) is 97.6 cm³/mol. The average Bonchev–Trinajstić information content (AvgIpc) is 2.73. The van der Waals surface area contributed by atoms with Crippen molar-refractivity contribution in [2.24, 2.45) is 5.92 Å². The minimum atomic E-state index is 0.269. The molecule has 4 rings (SSSR count). The number of aryl methyl sites for hydroxylation is 1. The van der Waals surface area contributed by atoms with Crippen LogP contribution in [-0.2, 0) is 6.42 Å². The quantitative estimate of drug-likeness (QED) is 0.843. The van der Waals surface area contributed by atoms with Crippen LogP contribution in [-0.4, -0.2) is 35.0 Å². The molecule has 126 valence electrons. The largest absolute Gasteiger partial charge is 0.383 e. The molecule has 5 heteroatoms. The molecule has 2 aliphatic rings.